The summed E-state index contributed by atoms with van der Waals surface area (Å²) in [5, 5.41) is 4.45. The summed E-state index contributed by atoms with van der Waals surface area (Å²) in [5.41, 5.74) is 8.44. The largest absolute Gasteiger partial charge is 0.329 e. The van der Waals surface area contributed by atoms with Gasteiger partial charge in [-0.05, 0) is 44.7 Å². The van der Waals surface area contributed by atoms with Crippen molar-refractivity contribution in [3.05, 3.63) is 17.5 Å². The maximum atomic E-state index is 6.03. The normalized spacial score (nSPS) is 20.1. The minimum absolute atomic E-state index is 0.335. The number of nitrogens with zero attached hydrogens (tertiary/aromatic N) is 3. The number of aryl methyl sites for hydroxylation is 2. The van der Waals surface area contributed by atoms with Gasteiger partial charge < -0.3 is 5.73 Å². The summed E-state index contributed by atoms with van der Waals surface area (Å²) in [7, 11) is 1.98. The van der Waals surface area contributed by atoms with Gasteiger partial charge in [0.2, 0.25) is 0 Å². The van der Waals surface area contributed by atoms with E-state index in [0.29, 0.717) is 12.6 Å². The average Bonchev–Trinajstić information content (AvgIpc) is 2.70. The van der Waals surface area contributed by atoms with Crippen LogP contribution in [0.2, 0.25) is 0 Å². The minimum atomic E-state index is 0.335. The molecule has 1 atom stereocenters. The van der Waals surface area contributed by atoms with Gasteiger partial charge in [-0.25, -0.2) is 0 Å². The molecule has 4 nitrogen and oxygen atoms in total. The molecule has 0 aliphatic carbocycles. The quantitative estimate of drug-likeness (QED) is 0.906. The standard InChI is InChI=1S/C15H28N4/c1-11(2)13-5-7-19(8-6-13)15(9-16)14-10-18(4)17-12(14)3/h10-11,13,15H,5-9,16H2,1-4H3. The van der Waals surface area contributed by atoms with Crippen molar-refractivity contribution < 1.29 is 0 Å². The lowest BCUT2D eigenvalue weighted by Crippen LogP contribution is -2.40. The first kappa shape index (κ1) is 14.5. The number of hydrogen-bond donors (Lipinski definition) is 1. The van der Waals surface area contributed by atoms with Crippen LogP contribution >= 0.6 is 0 Å². The smallest absolute Gasteiger partial charge is 0.0641 e. The number of aromatic nitrogens is 2. The van der Waals surface area contributed by atoms with Gasteiger partial charge in [-0.1, -0.05) is 13.8 Å². The highest BCUT2D eigenvalue weighted by Gasteiger charge is 2.28. The molecule has 0 saturated carbocycles. The summed E-state index contributed by atoms with van der Waals surface area (Å²) in [6, 6.07) is 0.335. The van der Waals surface area contributed by atoms with Gasteiger partial charge in [0.15, 0.2) is 0 Å². The minimum Gasteiger partial charge on any atom is -0.329 e. The first-order valence-corrected chi connectivity index (χ1v) is 7.47. The Labute approximate surface area is 117 Å². The van der Waals surface area contributed by atoms with Crippen molar-refractivity contribution >= 4 is 0 Å². The molecule has 0 spiro atoms. The van der Waals surface area contributed by atoms with E-state index in [1.54, 1.807) is 0 Å². The monoisotopic (exact) mass is 264 g/mol. The molecule has 0 bridgehead atoms. The second kappa shape index (κ2) is 6.06. The third kappa shape index (κ3) is 3.18. The Morgan fingerprint density at radius 1 is 1.37 bits per heavy atom. The summed E-state index contributed by atoms with van der Waals surface area (Å²) >= 11 is 0. The first-order valence-electron chi connectivity index (χ1n) is 7.47. The average molecular weight is 264 g/mol. The second-order valence-corrected chi connectivity index (χ2v) is 6.21. The van der Waals surface area contributed by atoms with Crippen LogP contribution in [0, 0.1) is 18.8 Å². The molecule has 1 saturated heterocycles. The van der Waals surface area contributed by atoms with Gasteiger partial charge in [0.25, 0.3) is 0 Å². The molecule has 2 heterocycles. The van der Waals surface area contributed by atoms with E-state index in [1.807, 2.05) is 11.7 Å². The Kier molecular flexibility index (Phi) is 4.63. The number of nitrogens with two attached hydrogens (primary N) is 1. The Morgan fingerprint density at radius 3 is 2.42 bits per heavy atom. The molecule has 1 aliphatic heterocycles. The molecular formula is C15H28N4. The highest BCUT2D eigenvalue weighted by Crippen LogP contribution is 2.30. The zero-order valence-corrected chi connectivity index (χ0v) is 12.8. The van der Waals surface area contributed by atoms with Crippen molar-refractivity contribution in [1.29, 1.82) is 0 Å². The predicted octanol–water partition coefficient (Wildman–Crippen LogP) is 2.10. The van der Waals surface area contributed by atoms with Gasteiger partial charge in [-0.3, -0.25) is 9.58 Å². The number of hydrogen-bond acceptors (Lipinski definition) is 3. The molecule has 0 amide bonds. The third-order valence-electron chi connectivity index (χ3n) is 4.59. The van der Waals surface area contributed by atoms with Crippen molar-refractivity contribution in [2.24, 2.45) is 24.6 Å². The Bertz CT molecular complexity index is 402. The molecule has 19 heavy (non-hydrogen) atoms. The van der Waals surface area contributed by atoms with Crippen LogP contribution in [0.25, 0.3) is 0 Å². The van der Waals surface area contributed by atoms with E-state index in [1.165, 1.54) is 31.5 Å². The molecule has 0 aromatic carbocycles. The summed E-state index contributed by atoms with van der Waals surface area (Å²) in [4.78, 5) is 2.54. The second-order valence-electron chi connectivity index (χ2n) is 6.21. The maximum Gasteiger partial charge on any atom is 0.0641 e. The van der Waals surface area contributed by atoms with E-state index in [2.05, 4.69) is 37.0 Å². The van der Waals surface area contributed by atoms with E-state index < -0.39 is 0 Å². The highest BCUT2D eigenvalue weighted by atomic mass is 15.3. The van der Waals surface area contributed by atoms with Crippen LogP contribution in [-0.4, -0.2) is 34.3 Å². The van der Waals surface area contributed by atoms with Gasteiger partial charge >= 0.3 is 0 Å². The molecule has 1 aromatic heterocycles. The van der Waals surface area contributed by atoms with Gasteiger partial charge in [0.1, 0.15) is 0 Å². The Morgan fingerprint density at radius 2 is 2.00 bits per heavy atom. The fraction of sp³-hybridized carbons (Fsp3) is 0.800. The molecule has 1 aromatic rings. The van der Waals surface area contributed by atoms with Crippen molar-refractivity contribution in [3.8, 4) is 0 Å². The Balaban J connectivity index is 2.06. The molecule has 4 heteroatoms. The molecule has 1 fully saturated rings. The molecule has 2 rings (SSSR count). The van der Waals surface area contributed by atoms with E-state index in [4.69, 9.17) is 5.73 Å². The summed E-state index contributed by atoms with van der Waals surface area (Å²) in [6.07, 6.45) is 4.72. The van der Waals surface area contributed by atoms with Gasteiger partial charge in [-0.15, -0.1) is 0 Å². The number of rotatable bonds is 4. The van der Waals surface area contributed by atoms with E-state index in [-0.39, 0.29) is 0 Å². The van der Waals surface area contributed by atoms with Crippen LogP contribution in [0.5, 0.6) is 0 Å². The third-order valence-corrected chi connectivity index (χ3v) is 4.59. The van der Waals surface area contributed by atoms with Gasteiger partial charge in [-0.2, -0.15) is 5.10 Å². The van der Waals surface area contributed by atoms with Crippen molar-refractivity contribution in [2.75, 3.05) is 19.6 Å². The Hall–Kier alpha value is -0.870. The molecule has 1 unspecified atom stereocenters. The number of likely N-dealkylation sites (tertiary alicyclic amines) is 1. The van der Waals surface area contributed by atoms with E-state index in [0.717, 1.165) is 17.5 Å². The van der Waals surface area contributed by atoms with E-state index >= 15 is 0 Å². The fourth-order valence-corrected chi connectivity index (χ4v) is 3.32. The van der Waals surface area contributed by atoms with Crippen LogP contribution in [0.15, 0.2) is 6.20 Å². The highest BCUT2D eigenvalue weighted by molar-refractivity contribution is 5.20. The molecule has 108 valence electrons. The lowest BCUT2D eigenvalue weighted by atomic mass is 9.86. The predicted molar refractivity (Wildman–Crippen MR) is 78.9 cm³/mol. The van der Waals surface area contributed by atoms with Crippen LogP contribution in [-0.2, 0) is 7.05 Å². The molecule has 2 N–H and O–H groups in total. The number of piperidine rings is 1. The molecule has 0 radical (unpaired) electrons. The topological polar surface area (TPSA) is 47.1 Å². The van der Waals surface area contributed by atoms with Crippen LogP contribution in [0.1, 0.15) is 44.0 Å². The maximum absolute atomic E-state index is 6.03. The zero-order valence-electron chi connectivity index (χ0n) is 12.8. The lowest BCUT2D eigenvalue weighted by Gasteiger charge is -2.38. The zero-order chi connectivity index (χ0) is 14.0. The summed E-state index contributed by atoms with van der Waals surface area (Å²) in [5.74, 6) is 1.68. The first-order chi connectivity index (χ1) is 9.02. The summed E-state index contributed by atoms with van der Waals surface area (Å²) in [6.45, 7) is 9.77. The van der Waals surface area contributed by atoms with Crippen LogP contribution in [0.4, 0.5) is 0 Å². The molecule has 1 aliphatic rings. The van der Waals surface area contributed by atoms with Crippen molar-refractivity contribution in [1.82, 2.24) is 14.7 Å². The van der Waals surface area contributed by atoms with E-state index in [9.17, 15) is 0 Å². The molecular weight excluding hydrogens is 236 g/mol. The van der Waals surface area contributed by atoms with Gasteiger partial charge in [0, 0.05) is 25.4 Å². The fourth-order valence-electron chi connectivity index (χ4n) is 3.32. The van der Waals surface area contributed by atoms with Crippen LogP contribution in [0.3, 0.4) is 0 Å². The lowest BCUT2D eigenvalue weighted by molar-refractivity contribution is 0.117. The van der Waals surface area contributed by atoms with Gasteiger partial charge in [0.05, 0.1) is 11.7 Å². The summed E-state index contributed by atoms with van der Waals surface area (Å²) < 4.78 is 1.90. The van der Waals surface area contributed by atoms with Crippen molar-refractivity contribution in [2.45, 2.75) is 39.7 Å². The van der Waals surface area contributed by atoms with Crippen LogP contribution < -0.4 is 5.73 Å². The van der Waals surface area contributed by atoms with Crippen molar-refractivity contribution in [3.63, 3.8) is 0 Å². The SMILES string of the molecule is Cc1nn(C)cc1C(CN)N1CCC(C(C)C)CC1.